The van der Waals surface area contributed by atoms with Crippen LogP contribution < -0.4 is 20.5 Å². The van der Waals surface area contributed by atoms with E-state index in [-0.39, 0.29) is 11.7 Å². The number of carbonyl (C=O) groups is 2. The van der Waals surface area contributed by atoms with Crippen molar-refractivity contribution in [3.05, 3.63) is 59.2 Å². The summed E-state index contributed by atoms with van der Waals surface area (Å²) in [4.78, 5) is 25.3. The third kappa shape index (κ3) is 4.61. The Kier molecular flexibility index (Phi) is 7.17. The third-order valence-corrected chi connectivity index (χ3v) is 3.65. The second-order valence-electron chi connectivity index (χ2n) is 5.45. The maximum Gasteiger partial charge on any atom is 0.252 e. The van der Waals surface area contributed by atoms with E-state index in [9.17, 15) is 9.59 Å². The maximum absolute atomic E-state index is 13.0. The molecule has 1 amide bonds. The molecule has 0 aliphatic heterocycles. The van der Waals surface area contributed by atoms with E-state index in [1.807, 2.05) is 13.8 Å². The molecule has 0 heterocycles. The predicted molar refractivity (Wildman–Crippen MR) is 100 cm³/mol. The Labute approximate surface area is 153 Å². The van der Waals surface area contributed by atoms with Gasteiger partial charge in [0, 0.05) is 24.2 Å². The zero-order chi connectivity index (χ0) is 18.9. The first-order valence-electron chi connectivity index (χ1n) is 8.64. The lowest BCUT2D eigenvalue weighted by Gasteiger charge is -2.13. The van der Waals surface area contributed by atoms with Crippen LogP contribution in [0, 0.1) is 0 Å². The molecular formula is C20H24N2O4. The molecule has 0 radical (unpaired) electrons. The molecule has 0 aliphatic rings. The van der Waals surface area contributed by atoms with E-state index in [1.54, 1.807) is 42.5 Å². The summed E-state index contributed by atoms with van der Waals surface area (Å²) in [6, 6.07) is 11.7. The van der Waals surface area contributed by atoms with E-state index in [2.05, 4.69) is 5.32 Å². The van der Waals surface area contributed by atoms with E-state index < -0.39 is 0 Å². The first kappa shape index (κ1) is 19.5. The number of hydrogen-bond acceptors (Lipinski definition) is 5. The molecule has 0 saturated heterocycles. The molecule has 6 heteroatoms. The fourth-order valence-corrected chi connectivity index (χ4v) is 2.51. The largest absolute Gasteiger partial charge is 0.490 e. The van der Waals surface area contributed by atoms with Crippen molar-refractivity contribution < 1.29 is 19.1 Å². The number of nitrogens with two attached hydrogens (primary N) is 1. The fraction of sp³-hybridized carbons (Fsp3) is 0.300. The molecule has 6 nitrogen and oxygen atoms in total. The first-order chi connectivity index (χ1) is 12.6. The molecule has 3 N–H and O–H groups in total. The van der Waals surface area contributed by atoms with Crippen molar-refractivity contribution in [2.45, 2.75) is 13.8 Å². The Balaban J connectivity index is 2.37. The molecule has 0 spiro atoms. The van der Waals surface area contributed by atoms with Crippen LogP contribution in [0.1, 0.15) is 40.1 Å². The predicted octanol–water partition coefficient (Wildman–Crippen LogP) is 2.40. The summed E-state index contributed by atoms with van der Waals surface area (Å²) in [5, 5.41) is 2.69. The van der Waals surface area contributed by atoms with Crippen LogP contribution >= 0.6 is 0 Å². The summed E-state index contributed by atoms with van der Waals surface area (Å²) in [6.45, 7) is 5.37. The highest BCUT2D eigenvalue weighted by Gasteiger charge is 2.19. The van der Waals surface area contributed by atoms with Crippen LogP contribution in [0.2, 0.25) is 0 Å². The van der Waals surface area contributed by atoms with Gasteiger partial charge < -0.3 is 20.5 Å². The van der Waals surface area contributed by atoms with Gasteiger partial charge in [0.25, 0.3) is 5.91 Å². The lowest BCUT2D eigenvalue weighted by Crippen LogP contribution is -2.30. The van der Waals surface area contributed by atoms with Gasteiger partial charge in [0.2, 0.25) is 0 Å². The number of amides is 1. The van der Waals surface area contributed by atoms with Gasteiger partial charge in [-0.1, -0.05) is 18.2 Å². The quantitative estimate of drug-likeness (QED) is 0.673. The van der Waals surface area contributed by atoms with E-state index in [1.165, 1.54) is 0 Å². The standard InChI is InChI=1S/C20H24N2O4/c1-3-25-17-10-9-14(13-18(17)26-4-2)19(23)15-7-5-6-8-16(15)20(24)22-12-11-21/h5-10,13H,3-4,11-12,21H2,1-2H3,(H,22,24). The minimum atomic E-state index is -0.324. The van der Waals surface area contributed by atoms with E-state index >= 15 is 0 Å². The minimum absolute atomic E-state index is 0.257. The summed E-state index contributed by atoms with van der Waals surface area (Å²) in [7, 11) is 0. The second kappa shape index (κ2) is 9.58. The van der Waals surface area contributed by atoms with Gasteiger partial charge >= 0.3 is 0 Å². The third-order valence-electron chi connectivity index (χ3n) is 3.65. The molecule has 0 fully saturated rings. The number of ether oxygens (including phenoxy) is 2. The highest BCUT2D eigenvalue weighted by atomic mass is 16.5. The molecule has 138 valence electrons. The van der Waals surface area contributed by atoms with Crippen LogP contribution in [0.15, 0.2) is 42.5 Å². The summed E-state index contributed by atoms with van der Waals surface area (Å²) in [5.74, 6) is 0.507. The van der Waals surface area contributed by atoms with Gasteiger partial charge in [0.05, 0.1) is 18.8 Å². The molecule has 0 unspecified atom stereocenters. The fourth-order valence-electron chi connectivity index (χ4n) is 2.51. The molecular weight excluding hydrogens is 332 g/mol. The van der Waals surface area contributed by atoms with Crippen molar-refractivity contribution in [1.29, 1.82) is 0 Å². The SMILES string of the molecule is CCOc1ccc(C(=O)c2ccccc2C(=O)NCCN)cc1OCC. The van der Waals surface area contributed by atoms with Crippen LogP contribution in [-0.4, -0.2) is 38.0 Å². The average Bonchev–Trinajstić information content (AvgIpc) is 2.67. The molecule has 0 bridgehead atoms. The highest BCUT2D eigenvalue weighted by molar-refractivity contribution is 6.15. The molecule has 0 atom stereocenters. The monoisotopic (exact) mass is 356 g/mol. The Morgan fingerprint density at radius 3 is 2.27 bits per heavy atom. The van der Waals surface area contributed by atoms with Crippen molar-refractivity contribution in [2.24, 2.45) is 5.73 Å². The number of carbonyl (C=O) groups excluding carboxylic acids is 2. The Hall–Kier alpha value is -2.86. The minimum Gasteiger partial charge on any atom is -0.490 e. The van der Waals surface area contributed by atoms with Crippen molar-refractivity contribution in [2.75, 3.05) is 26.3 Å². The van der Waals surface area contributed by atoms with E-state index in [0.29, 0.717) is 54.5 Å². The van der Waals surface area contributed by atoms with Gasteiger partial charge in [-0.2, -0.15) is 0 Å². The normalized spacial score (nSPS) is 10.3. The Bertz CT molecular complexity index is 774. The number of nitrogens with one attached hydrogen (secondary N) is 1. The summed E-state index contributed by atoms with van der Waals surface area (Å²) in [6.07, 6.45) is 0. The topological polar surface area (TPSA) is 90.7 Å². The van der Waals surface area contributed by atoms with Crippen LogP contribution in [0.5, 0.6) is 11.5 Å². The van der Waals surface area contributed by atoms with Crippen molar-refractivity contribution in [3.8, 4) is 11.5 Å². The molecule has 2 aromatic rings. The van der Waals surface area contributed by atoms with Crippen LogP contribution in [0.4, 0.5) is 0 Å². The summed E-state index contributed by atoms with van der Waals surface area (Å²) in [5.41, 5.74) is 6.49. The lowest BCUT2D eigenvalue weighted by atomic mass is 9.97. The molecule has 0 saturated carbocycles. The maximum atomic E-state index is 13.0. The van der Waals surface area contributed by atoms with Crippen molar-refractivity contribution in [3.63, 3.8) is 0 Å². The highest BCUT2D eigenvalue weighted by Crippen LogP contribution is 2.29. The smallest absolute Gasteiger partial charge is 0.252 e. The summed E-state index contributed by atoms with van der Waals surface area (Å²) >= 11 is 0. The lowest BCUT2D eigenvalue weighted by molar-refractivity contribution is 0.0943. The molecule has 2 aromatic carbocycles. The van der Waals surface area contributed by atoms with Crippen molar-refractivity contribution in [1.82, 2.24) is 5.32 Å². The van der Waals surface area contributed by atoms with Gasteiger partial charge in [0.15, 0.2) is 17.3 Å². The average molecular weight is 356 g/mol. The van der Waals surface area contributed by atoms with Gasteiger partial charge in [-0.3, -0.25) is 9.59 Å². The zero-order valence-electron chi connectivity index (χ0n) is 15.1. The summed E-state index contributed by atoms with van der Waals surface area (Å²) < 4.78 is 11.1. The number of benzene rings is 2. The van der Waals surface area contributed by atoms with Gasteiger partial charge in [-0.25, -0.2) is 0 Å². The molecule has 26 heavy (non-hydrogen) atoms. The van der Waals surface area contributed by atoms with Crippen LogP contribution in [0.3, 0.4) is 0 Å². The Morgan fingerprint density at radius 1 is 0.962 bits per heavy atom. The van der Waals surface area contributed by atoms with E-state index in [0.717, 1.165) is 0 Å². The zero-order valence-corrected chi connectivity index (χ0v) is 15.1. The Morgan fingerprint density at radius 2 is 1.62 bits per heavy atom. The van der Waals surface area contributed by atoms with Gasteiger partial charge in [0.1, 0.15) is 0 Å². The second-order valence-corrected chi connectivity index (χ2v) is 5.45. The van der Waals surface area contributed by atoms with Crippen LogP contribution in [-0.2, 0) is 0 Å². The number of ketones is 1. The van der Waals surface area contributed by atoms with Crippen LogP contribution in [0.25, 0.3) is 0 Å². The molecule has 0 aliphatic carbocycles. The van der Waals surface area contributed by atoms with Gasteiger partial charge in [-0.15, -0.1) is 0 Å². The number of hydrogen-bond donors (Lipinski definition) is 2. The number of rotatable bonds is 9. The molecule has 2 rings (SSSR count). The molecule has 0 aromatic heterocycles. The van der Waals surface area contributed by atoms with Crippen molar-refractivity contribution >= 4 is 11.7 Å². The van der Waals surface area contributed by atoms with E-state index in [4.69, 9.17) is 15.2 Å². The van der Waals surface area contributed by atoms with Gasteiger partial charge in [-0.05, 0) is 38.1 Å². The first-order valence-corrected chi connectivity index (χ1v) is 8.64.